The molecule has 0 radical (unpaired) electrons. The molecular weight excluding hydrogens is 362 g/mol. The van der Waals surface area contributed by atoms with Crippen LogP contribution in [0.3, 0.4) is 0 Å². The minimum atomic E-state index is 0.0109. The number of benzene rings is 1. The molecule has 2 aromatic rings. The van der Waals surface area contributed by atoms with Crippen molar-refractivity contribution < 1.29 is 4.79 Å². The van der Waals surface area contributed by atoms with Crippen LogP contribution in [-0.4, -0.2) is 65.1 Å². The number of hydrogen-bond acceptors (Lipinski definition) is 4. The number of hydrogen-bond donors (Lipinski definition) is 2. The van der Waals surface area contributed by atoms with Crippen LogP contribution in [0.4, 0.5) is 4.79 Å². The molecule has 2 saturated heterocycles. The van der Waals surface area contributed by atoms with Crippen LogP contribution in [0.1, 0.15) is 24.8 Å². The van der Waals surface area contributed by atoms with Gasteiger partial charge in [-0.1, -0.05) is 30.3 Å². The average Bonchev–Trinajstić information content (AvgIpc) is 3.14. The number of amides is 2. The van der Waals surface area contributed by atoms with Crippen molar-refractivity contribution >= 4 is 6.03 Å². The third-order valence-corrected chi connectivity index (χ3v) is 6.69. The van der Waals surface area contributed by atoms with Gasteiger partial charge in [-0.15, -0.1) is 0 Å². The summed E-state index contributed by atoms with van der Waals surface area (Å²) in [5, 5.41) is 6.14. The van der Waals surface area contributed by atoms with Gasteiger partial charge >= 0.3 is 6.03 Å². The highest BCUT2D eigenvalue weighted by atomic mass is 16.2. The summed E-state index contributed by atoms with van der Waals surface area (Å²) in [6, 6.07) is 14.0. The molecule has 2 aliphatic heterocycles. The molecule has 152 valence electrons. The highest BCUT2D eigenvalue weighted by Crippen LogP contribution is 2.27. The lowest BCUT2D eigenvalue weighted by Crippen LogP contribution is -2.54. The summed E-state index contributed by atoms with van der Waals surface area (Å²) in [5.74, 6) is 0. The summed E-state index contributed by atoms with van der Waals surface area (Å²) in [7, 11) is 0. The second-order valence-electron chi connectivity index (χ2n) is 8.56. The third-order valence-electron chi connectivity index (χ3n) is 6.69. The fraction of sp³-hybridized carbons (Fsp3) is 0.478. The Hall–Kier alpha value is -2.44. The van der Waals surface area contributed by atoms with E-state index in [1.807, 2.05) is 18.5 Å². The van der Waals surface area contributed by atoms with Gasteiger partial charge in [0.25, 0.3) is 0 Å². The minimum Gasteiger partial charge on any atom is -0.333 e. The van der Waals surface area contributed by atoms with E-state index in [-0.39, 0.29) is 6.03 Å². The van der Waals surface area contributed by atoms with E-state index in [1.165, 1.54) is 23.1 Å². The monoisotopic (exact) mass is 391 g/mol. The summed E-state index contributed by atoms with van der Waals surface area (Å²) in [6.45, 7) is 5.34. The van der Waals surface area contributed by atoms with Gasteiger partial charge in [0.15, 0.2) is 0 Å². The molecule has 2 N–H and O–H groups in total. The molecule has 1 aliphatic carbocycles. The van der Waals surface area contributed by atoms with Crippen molar-refractivity contribution in [1.29, 1.82) is 0 Å². The number of rotatable bonds is 4. The molecule has 5 rings (SSSR count). The Morgan fingerprint density at radius 3 is 2.55 bits per heavy atom. The summed E-state index contributed by atoms with van der Waals surface area (Å²) < 4.78 is 0. The average molecular weight is 392 g/mol. The standard InChI is InChI=1S/C23H29N5O/c29-23-25-21-7-6-20(13-22(21)26-23)28-10-8-27(9-11-28)16-17-12-19(15-24-14-17)18-4-2-1-3-5-18/h1-5,12,14-15,20-22H,6-11,13,16H2,(H2,25,26,29). The zero-order chi connectivity index (χ0) is 19.6. The number of nitrogens with zero attached hydrogens (tertiary/aromatic N) is 3. The Kier molecular flexibility index (Phi) is 5.21. The van der Waals surface area contributed by atoms with Crippen molar-refractivity contribution in [1.82, 2.24) is 25.4 Å². The topological polar surface area (TPSA) is 60.5 Å². The minimum absolute atomic E-state index is 0.0109. The Morgan fingerprint density at radius 1 is 0.931 bits per heavy atom. The van der Waals surface area contributed by atoms with Gasteiger partial charge in [0.1, 0.15) is 0 Å². The molecule has 1 saturated carbocycles. The molecule has 0 bridgehead atoms. The van der Waals surface area contributed by atoms with Gasteiger partial charge in [0.2, 0.25) is 0 Å². The Balaban J connectivity index is 1.15. The fourth-order valence-electron chi connectivity index (χ4n) is 5.10. The number of aromatic nitrogens is 1. The van der Waals surface area contributed by atoms with Gasteiger partial charge in [-0.3, -0.25) is 14.8 Å². The third kappa shape index (κ3) is 4.14. The van der Waals surface area contributed by atoms with Crippen molar-refractivity contribution in [2.45, 2.75) is 43.9 Å². The van der Waals surface area contributed by atoms with Gasteiger partial charge in [0.05, 0.1) is 12.1 Å². The van der Waals surface area contributed by atoms with Gasteiger partial charge in [-0.2, -0.15) is 0 Å². The van der Waals surface area contributed by atoms with Crippen molar-refractivity contribution in [3.8, 4) is 11.1 Å². The predicted octanol–water partition coefficient (Wildman–Crippen LogP) is 2.47. The quantitative estimate of drug-likeness (QED) is 0.841. The smallest absolute Gasteiger partial charge is 0.315 e. The van der Waals surface area contributed by atoms with Crippen LogP contribution in [0.15, 0.2) is 48.8 Å². The largest absolute Gasteiger partial charge is 0.333 e. The molecule has 2 amide bonds. The van der Waals surface area contributed by atoms with Crippen molar-refractivity contribution in [3.63, 3.8) is 0 Å². The zero-order valence-corrected chi connectivity index (χ0v) is 16.8. The maximum Gasteiger partial charge on any atom is 0.315 e. The van der Waals surface area contributed by atoms with E-state index in [9.17, 15) is 4.79 Å². The van der Waals surface area contributed by atoms with Gasteiger partial charge < -0.3 is 10.6 Å². The highest BCUT2D eigenvalue weighted by molar-refractivity contribution is 5.77. The molecule has 0 spiro atoms. The first-order chi connectivity index (χ1) is 14.2. The first-order valence-corrected chi connectivity index (χ1v) is 10.8. The van der Waals surface area contributed by atoms with Crippen molar-refractivity contribution in [2.75, 3.05) is 26.2 Å². The number of nitrogens with one attached hydrogen (secondary N) is 2. The summed E-state index contributed by atoms with van der Waals surface area (Å²) in [4.78, 5) is 21.2. The first-order valence-electron chi connectivity index (χ1n) is 10.8. The number of urea groups is 1. The van der Waals surface area contributed by atoms with Crippen LogP contribution < -0.4 is 10.6 Å². The van der Waals surface area contributed by atoms with E-state index in [1.54, 1.807) is 0 Å². The number of pyridine rings is 1. The van der Waals surface area contributed by atoms with E-state index in [0.29, 0.717) is 18.1 Å². The lowest BCUT2D eigenvalue weighted by Gasteiger charge is -2.42. The number of fused-ring (bicyclic) bond motifs is 1. The molecule has 3 atom stereocenters. The molecule has 3 heterocycles. The second-order valence-corrected chi connectivity index (χ2v) is 8.56. The normalized spacial score (nSPS) is 27.9. The van der Waals surface area contributed by atoms with E-state index >= 15 is 0 Å². The van der Waals surface area contributed by atoms with Crippen LogP contribution >= 0.6 is 0 Å². The van der Waals surface area contributed by atoms with Crippen LogP contribution in [0.25, 0.3) is 11.1 Å². The first kappa shape index (κ1) is 18.6. The molecule has 3 unspecified atom stereocenters. The van der Waals surface area contributed by atoms with Gasteiger partial charge in [0, 0.05) is 56.7 Å². The molecule has 29 heavy (non-hydrogen) atoms. The maximum absolute atomic E-state index is 11.6. The lowest BCUT2D eigenvalue weighted by molar-refractivity contribution is 0.0679. The van der Waals surface area contributed by atoms with E-state index in [4.69, 9.17) is 0 Å². The predicted molar refractivity (Wildman–Crippen MR) is 113 cm³/mol. The van der Waals surface area contributed by atoms with E-state index in [0.717, 1.165) is 45.6 Å². The number of carbonyl (C=O) groups is 1. The van der Waals surface area contributed by atoms with Crippen LogP contribution in [0.2, 0.25) is 0 Å². The molecule has 3 fully saturated rings. The van der Waals surface area contributed by atoms with Crippen molar-refractivity contribution in [3.05, 3.63) is 54.4 Å². The summed E-state index contributed by atoms with van der Waals surface area (Å²) >= 11 is 0. The van der Waals surface area contributed by atoms with Crippen LogP contribution in [0, 0.1) is 0 Å². The summed E-state index contributed by atoms with van der Waals surface area (Å²) in [6.07, 6.45) is 7.30. The molecule has 1 aromatic carbocycles. The Labute approximate surface area is 172 Å². The molecule has 1 aromatic heterocycles. The fourth-order valence-corrected chi connectivity index (χ4v) is 5.10. The van der Waals surface area contributed by atoms with E-state index in [2.05, 4.69) is 55.7 Å². The maximum atomic E-state index is 11.6. The van der Waals surface area contributed by atoms with Crippen LogP contribution in [0.5, 0.6) is 0 Å². The number of carbonyl (C=O) groups excluding carboxylic acids is 1. The van der Waals surface area contributed by atoms with E-state index < -0.39 is 0 Å². The highest BCUT2D eigenvalue weighted by Gasteiger charge is 2.39. The van der Waals surface area contributed by atoms with Gasteiger partial charge in [-0.25, -0.2) is 4.79 Å². The Morgan fingerprint density at radius 2 is 1.72 bits per heavy atom. The summed E-state index contributed by atoms with van der Waals surface area (Å²) in [5.41, 5.74) is 3.68. The lowest BCUT2D eigenvalue weighted by atomic mass is 9.86. The van der Waals surface area contributed by atoms with Crippen molar-refractivity contribution in [2.24, 2.45) is 0 Å². The SMILES string of the molecule is O=C1NC2CCC(N3CCN(Cc4cncc(-c5ccccc5)c4)CC3)CC2N1. The Bertz CT molecular complexity index is 849. The number of piperazine rings is 1. The second kappa shape index (κ2) is 8.13. The van der Waals surface area contributed by atoms with Crippen LogP contribution in [-0.2, 0) is 6.54 Å². The molecule has 3 aliphatic rings. The van der Waals surface area contributed by atoms with Gasteiger partial charge in [-0.05, 0) is 36.5 Å². The molecule has 6 heteroatoms. The molecule has 6 nitrogen and oxygen atoms in total. The molecular formula is C23H29N5O. The zero-order valence-electron chi connectivity index (χ0n) is 16.8.